The minimum atomic E-state index is -0.417. The number of likely N-dealkylation sites (N-methyl/N-ethyl adjacent to an activating group) is 1. The van der Waals surface area contributed by atoms with Crippen LogP contribution < -0.4 is 5.73 Å². The number of hydrogen-bond donors (Lipinski definition) is 1. The van der Waals surface area contributed by atoms with Crippen LogP contribution in [0.5, 0.6) is 0 Å². The molecule has 0 heterocycles. The first kappa shape index (κ1) is 15.2. The standard InChI is InChI=1S/C15H20N2O2/c1-12(19-3)15(18)17(2)11-14-8-6-13(7-9-14)5-4-10-16/h6-9,12H,10-11,16H2,1-3H3. The van der Waals surface area contributed by atoms with Crippen LogP contribution in [0.2, 0.25) is 0 Å². The molecule has 0 aromatic heterocycles. The van der Waals surface area contributed by atoms with E-state index in [4.69, 9.17) is 10.5 Å². The molecule has 0 bridgehead atoms. The lowest BCUT2D eigenvalue weighted by Crippen LogP contribution is -2.35. The summed E-state index contributed by atoms with van der Waals surface area (Å²) in [5, 5.41) is 0. The van der Waals surface area contributed by atoms with Crippen LogP contribution in [0.3, 0.4) is 0 Å². The van der Waals surface area contributed by atoms with Crippen molar-refractivity contribution in [3.8, 4) is 11.8 Å². The molecule has 1 aromatic rings. The Balaban J connectivity index is 2.65. The minimum Gasteiger partial charge on any atom is -0.372 e. The Labute approximate surface area is 114 Å². The van der Waals surface area contributed by atoms with E-state index in [1.165, 1.54) is 7.11 Å². The van der Waals surface area contributed by atoms with Crippen molar-refractivity contribution < 1.29 is 9.53 Å². The molecule has 1 unspecified atom stereocenters. The fraction of sp³-hybridized carbons (Fsp3) is 0.400. The first-order valence-corrected chi connectivity index (χ1v) is 6.14. The van der Waals surface area contributed by atoms with Gasteiger partial charge in [-0.25, -0.2) is 0 Å². The van der Waals surface area contributed by atoms with Gasteiger partial charge in [0.2, 0.25) is 0 Å². The van der Waals surface area contributed by atoms with Crippen LogP contribution in [0.25, 0.3) is 0 Å². The first-order valence-electron chi connectivity index (χ1n) is 6.14. The van der Waals surface area contributed by atoms with Gasteiger partial charge in [-0.3, -0.25) is 4.79 Å². The predicted molar refractivity (Wildman–Crippen MR) is 75.3 cm³/mol. The number of carbonyl (C=O) groups is 1. The van der Waals surface area contributed by atoms with Crippen molar-refractivity contribution in [1.82, 2.24) is 4.90 Å². The van der Waals surface area contributed by atoms with Gasteiger partial charge < -0.3 is 15.4 Å². The van der Waals surface area contributed by atoms with Gasteiger partial charge >= 0.3 is 0 Å². The quantitative estimate of drug-likeness (QED) is 0.821. The summed E-state index contributed by atoms with van der Waals surface area (Å²) in [6.07, 6.45) is -0.417. The first-order chi connectivity index (χ1) is 9.08. The molecule has 0 aliphatic carbocycles. The van der Waals surface area contributed by atoms with Crippen LogP contribution in [0.4, 0.5) is 0 Å². The zero-order chi connectivity index (χ0) is 14.3. The molecule has 4 nitrogen and oxygen atoms in total. The van der Waals surface area contributed by atoms with Crippen LogP contribution in [0.15, 0.2) is 24.3 Å². The van der Waals surface area contributed by atoms with Gasteiger partial charge in [-0.15, -0.1) is 0 Å². The number of nitrogens with zero attached hydrogens (tertiary/aromatic N) is 1. The van der Waals surface area contributed by atoms with Crippen molar-refractivity contribution in [2.75, 3.05) is 20.7 Å². The van der Waals surface area contributed by atoms with Gasteiger partial charge in [-0.1, -0.05) is 24.0 Å². The normalized spacial score (nSPS) is 11.4. The molecule has 0 spiro atoms. The zero-order valence-electron chi connectivity index (χ0n) is 11.6. The SMILES string of the molecule is COC(C)C(=O)N(C)Cc1ccc(C#CCN)cc1. The van der Waals surface area contributed by atoms with Crippen molar-refractivity contribution in [3.05, 3.63) is 35.4 Å². The van der Waals surface area contributed by atoms with Crippen molar-refractivity contribution in [2.24, 2.45) is 5.73 Å². The number of hydrogen-bond acceptors (Lipinski definition) is 3. The van der Waals surface area contributed by atoms with E-state index in [-0.39, 0.29) is 5.91 Å². The van der Waals surface area contributed by atoms with Crippen molar-refractivity contribution in [1.29, 1.82) is 0 Å². The largest absolute Gasteiger partial charge is 0.372 e. The van der Waals surface area contributed by atoms with Crippen LogP contribution in [-0.2, 0) is 16.1 Å². The highest BCUT2D eigenvalue weighted by Gasteiger charge is 2.16. The van der Waals surface area contributed by atoms with E-state index >= 15 is 0 Å². The van der Waals surface area contributed by atoms with Crippen LogP contribution in [0.1, 0.15) is 18.1 Å². The van der Waals surface area contributed by atoms with Crippen LogP contribution in [-0.4, -0.2) is 37.6 Å². The molecule has 0 radical (unpaired) electrons. The highest BCUT2D eigenvalue weighted by Crippen LogP contribution is 2.07. The van der Waals surface area contributed by atoms with Gasteiger partial charge in [-0.05, 0) is 24.6 Å². The average Bonchev–Trinajstić information content (AvgIpc) is 2.44. The molecule has 4 heteroatoms. The molecule has 0 fully saturated rings. The third kappa shape index (κ3) is 4.74. The van der Waals surface area contributed by atoms with E-state index in [1.54, 1.807) is 18.9 Å². The van der Waals surface area contributed by atoms with Gasteiger partial charge in [-0.2, -0.15) is 0 Å². The number of ether oxygens (including phenoxy) is 1. The lowest BCUT2D eigenvalue weighted by atomic mass is 10.1. The Morgan fingerprint density at radius 3 is 2.58 bits per heavy atom. The molecule has 1 aromatic carbocycles. The van der Waals surface area contributed by atoms with Crippen LogP contribution in [0, 0.1) is 11.8 Å². The average molecular weight is 260 g/mol. The Morgan fingerprint density at radius 2 is 2.05 bits per heavy atom. The number of nitrogens with two attached hydrogens (primary N) is 1. The molecule has 1 atom stereocenters. The lowest BCUT2D eigenvalue weighted by molar-refractivity contribution is -0.140. The van der Waals surface area contributed by atoms with Gasteiger partial charge in [0.25, 0.3) is 5.91 Å². The highest BCUT2D eigenvalue weighted by atomic mass is 16.5. The summed E-state index contributed by atoms with van der Waals surface area (Å²) in [5.74, 6) is 5.73. The maximum Gasteiger partial charge on any atom is 0.251 e. The minimum absolute atomic E-state index is 0.0329. The summed E-state index contributed by atoms with van der Waals surface area (Å²) in [4.78, 5) is 13.5. The maximum atomic E-state index is 11.9. The highest BCUT2D eigenvalue weighted by molar-refractivity contribution is 5.80. The van der Waals surface area contributed by atoms with Crippen LogP contribution >= 0.6 is 0 Å². The third-order valence-electron chi connectivity index (χ3n) is 2.79. The summed E-state index contributed by atoms with van der Waals surface area (Å²) in [6, 6.07) is 7.77. The maximum absolute atomic E-state index is 11.9. The van der Waals surface area contributed by atoms with Crippen molar-refractivity contribution >= 4 is 5.91 Å². The number of benzene rings is 1. The fourth-order valence-electron chi connectivity index (χ4n) is 1.61. The molecule has 102 valence electrons. The zero-order valence-corrected chi connectivity index (χ0v) is 11.6. The molecule has 1 amide bonds. The summed E-state index contributed by atoms with van der Waals surface area (Å²) < 4.78 is 5.01. The second-order valence-electron chi connectivity index (χ2n) is 4.28. The Hall–Kier alpha value is -1.83. The van der Waals surface area contributed by atoms with E-state index in [0.717, 1.165) is 11.1 Å². The third-order valence-corrected chi connectivity index (χ3v) is 2.79. The monoisotopic (exact) mass is 260 g/mol. The molecule has 0 saturated heterocycles. The van der Waals surface area contributed by atoms with E-state index in [9.17, 15) is 4.79 Å². The molecular formula is C15H20N2O2. The topological polar surface area (TPSA) is 55.6 Å². The van der Waals surface area contributed by atoms with E-state index < -0.39 is 6.10 Å². The summed E-state index contributed by atoms with van der Waals surface area (Å²) >= 11 is 0. The fourth-order valence-corrected chi connectivity index (χ4v) is 1.61. The van der Waals surface area contributed by atoms with E-state index in [1.807, 2.05) is 24.3 Å². The second-order valence-corrected chi connectivity index (χ2v) is 4.28. The van der Waals surface area contributed by atoms with E-state index in [2.05, 4.69) is 11.8 Å². The molecule has 2 N–H and O–H groups in total. The number of rotatable bonds is 4. The summed E-state index contributed by atoms with van der Waals surface area (Å²) in [7, 11) is 3.29. The van der Waals surface area contributed by atoms with Gasteiger partial charge in [0.1, 0.15) is 6.10 Å². The molecule has 1 rings (SSSR count). The Kier molecular flexibility index (Phi) is 6.07. The molecule has 0 aliphatic heterocycles. The Bertz CT molecular complexity index is 471. The summed E-state index contributed by atoms with van der Waals surface area (Å²) in [5.41, 5.74) is 7.29. The molecule has 0 aliphatic rings. The molecule has 19 heavy (non-hydrogen) atoms. The van der Waals surface area contributed by atoms with Gasteiger partial charge in [0, 0.05) is 26.3 Å². The smallest absolute Gasteiger partial charge is 0.251 e. The number of methoxy groups -OCH3 is 1. The predicted octanol–water partition coefficient (Wildman–Crippen LogP) is 0.990. The second kappa shape index (κ2) is 7.57. The molecule has 0 saturated carbocycles. The van der Waals surface area contributed by atoms with Crippen molar-refractivity contribution in [2.45, 2.75) is 19.6 Å². The van der Waals surface area contributed by atoms with Crippen molar-refractivity contribution in [3.63, 3.8) is 0 Å². The van der Waals surface area contributed by atoms with E-state index in [0.29, 0.717) is 13.1 Å². The van der Waals surface area contributed by atoms with Gasteiger partial charge in [0.15, 0.2) is 0 Å². The summed E-state index contributed by atoms with van der Waals surface area (Å²) in [6.45, 7) is 2.65. The Morgan fingerprint density at radius 1 is 1.42 bits per heavy atom. The molecular weight excluding hydrogens is 240 g/mol. The number of amides is 1. The van der Waals surface area contributed by atoms with Gasteiger partial charge in [0.05, 0.1) is 6.54 Å². The number of carbonyl (C=O) groups excluding carboxylic acids is 1. The lowest BCUT2D eigenvalue weighted by Gasteiger charge is -2.20.